The highest BCUT2D eigenvalue weighted by Crippen LogP contribution is 2.33. The minimum atomic E-state index is -4.20. The van der Waals surface area contributed by atoms with Crippen LogP contribution in [0.1, 0.15) is 57.7 Å². The molecule has 3 aromatic carbocycles. The Morgan fingerprint density at radius 1 is 0.905 bits per heavy atom. The molecule has 0 aliphatic carbocycles. The Bertz CT molecular complexity index is 1480. The molecule has 3 rings (SSSR count). The maximum Gasteiger partial charge on any atom is 0.264 e. The summed E-state index contributed by atoms with van der Waals surface area (Å²) in [6, 6.07) is 20.1. The average molecular weight is 594 g/mol. The number of hydrogen-bond acceptors (Lipinski definition) is 5. The van der Waals surface area contributed by atoms with Gasteiger partial charge < -0.3 is 15.0 Å². The van der Waals surface area contributed by atoms with E-state index >= 15 is 0 Å². The van der Waals surface area contributed by atoms with Gasteiger partial charge in [-0.25, -0.2) is 8.42 Å². The van der Waals surface area contributed by atoms with Crippen molar-refractivity contribution in [3.05, 3.63) is 89.5 Å². The quantitative estimate of drug-likeness (QED) is 0.294. The van der Waals surface area contributed by atoms with E-state index in [9.17, 15) is 18.0 Å². The minimum Gasteiger partial charge on any atom is -0.492 e. The van der Waals surface area contributed by atoms with Crippen molar-refractivity contribution in [1.82, 2.24) is 10.2 Å². The third-order valence-corrected chi connectivity index (χ3v) is 8.42. The first-order valence-corrected chi connectivity index (χ1v) is 15.7. The predicted octanol–water partition coefficient (Wildman–Crippen LogP) is 5.62. The maximum atomic E-state index is 14.3. The number of rotatable bonds is 12. The lowest BCUT2D eigenvalue weighted by Crippen LogP contribution is -2.55. The zero-order valence-corrected chi connectivity index (χ0v) is 26.5. The summed E-state index contributed by atoms with van der Waals surface area (Å²) in [4.78, 5) is 29.3. The zero-order chi connectivity index (χ0) is 31.1. The van der Waals surface area contributed by atoms with Crippen LogP contribution in [0.4, 0.5) is 5.69 Å². The Morgan fingerprint density at radius 2 is 1.57 bits per heavy atom. The van der Waals surface area contributed by atoms with Crippen LogP contribution in [0.3, 0.4) is 0 Å². The van der Waals surface area contributed by atoms with E-state index in [1.807, 2.05) is 72.7 Å². The van der Waals surface area contributed by atoms with Crippen molar-refractivity contribution in [1.29, 1.82) is 0 Å². The molecule has 8 nitrogen and oxygen atoms in total. The molecule has 2 amide bonds. The smallest absolute Gasteiger partial charge is 0.264 e. The van der Waals surface area contributed by atoms with E-state index in [-0.39, 0.29) is 23.0 Å². The third-order valence-electron chi connectivity index (χ3n) is 6.64. The monoisotopic (exact) mass is 593 g/mol. The number of nitrogens with one attached hydrogen (secondary N) is 1. The van der Waals surface area contributed by atoms with Crippen LogP contribution in [0.15, 0.2) is 77.7 Å². The number of anilines is 1. The topological polar surface area (TPSA) is 96.0 Å². The van der Waals surface area contributed by atoms with E-state index in [4.69, 9.17) is 4.74 Å². The number of carbonyl (C=O) groups is 2. The number of nitrogens with zero attached hydrogens (tertiary/aromatic N) is 2. The van der Waals surface area contributed by atoms with Gasteiger partial charge in [0.1, 0.15) is 18.3 Å². The summed E-state index contributed by atoms with van der Waals surface area (Å²) in [6.45, 7) is 13.1. The Labute approximate surface area is 250 Å². The highest BCUT2D eigenvalue weighted by molar-refractivity contribution is 7.92. The van der Waals surface area contributed by atoms with Crippen LogP contribution in [-0.2, 0) is 26.2 Å². The fourth-order valence-corrected chi connectivity index (χ4v) is 6.10. The van der Waals surface area contributed by atoms with E-state index in [0.29, 0.717) is 18.8 Å². The number of ether oxygens (including phenoxy) is 1. The largest absolute Gasteiger partial charge is 0.492 e. The SMILES string of the molecule is CCOc1ccccc1N(CC(=O)N(Cc1cccc(C)c1)[C@H](CC)C(=O)NC(C)(C)C)S(=O)(=O)c1ccc(C)cc1. The van der Waals surface area contributed by atoms with Crippen LogP contribution in [0, 0.1) is 13.8 Å². The van der Waals surface area contributed by atoms with Gasteiger partial charge in [-0.2, -0.15) is 0 Å². The molecule has 0 unspecified atom stereocenters. The van der Waals surface area contributed by atoms with E-state index in [1.165, 1.54) is 17.0 Å². The van der Waals surface area contributed by atoms with Crippen molar-refractivity contribution in [3.8, 4) is 5.75 Å². The molecule has 9 heteroatoms. The zero-order valence-electron chi connectivity index (χ0n) is 25.7. The molecule has 0 saturated heterocycles. The number of benzene rings is 3. The molecule has 0 aromatic heterocycles. The van der Waals surface area contributed by atoms with Gasteiger partial charge >= 0.3 is 0 Å². The van der Waals surface area contributed by atoms with Gasteiger partial charge in [-0.15, -0.1) is 0 Å². The van der Waals surface area contributed by atoms with Crippen molar-refractivity contribution < 1.29 is 22.7 Å². The summed E-state index contributed by atoms with van der Waals surface area (Å²) in [7, 11) is -4.20. The molecule has 0 radical (unpaired) electrons. The summed E-state index contributed by atoms with van der Waals surface area (Å²) >= 11 is 0. The van der Waals surface area contributed by atoms with Gasteiger partial charge in [-0.05, 0) is 77.8 Å². The molecular weight excluding hydrogens is 550 g/mol. The second kappa shape index (κ2) is 13.9. The second-order valence-electron chi connectivity index (χ2n) is 11.4. The Balaban J connectivity index is 2.13. The summed E-state index contributed by atoms with van der Waals surface area (Å²) < 4.78 is 35.2. The fourth-order valence-electron chi connectivity index (χ4n) is 4.67. The van der Waals surface area contributed by atoms with E-state index < -0.39 is 34.1 Å². The molecule has 0 aliphatic heterocycles. The highest BCUT2D eigenvalue weighted by Gasteiger charge is 2.35. The van der Waals surface area contributed by atoms with Crippen LogP contribution >= 0.6 is 0 Å². The Hall–Kier alpha value is -3.85. The summed E-state index contributed by atoms with van der Waals surface area (Å²) in [5.41, 5.74) is 2.50. The van der Waals surface area contributed by atoms with Crippen molar-refractivity contribution >= 4 is 27.5 Å². The number of para-hydroxylation sites is 2. The lowest BCUT2D eigenvalue weighted by atomic mass is 10.0. The van der Waals surface area contributed by atoms with Crippen molar-refractivity contribution in [2.24, 2.45) is 0 Å². The third kappa shape index (κ3) is 8.35. The molecule has 1 atom stereocenters. The lowest BCUT2D eigenvalue weighted by molar-refractivity contribution is -0.141. The lowest BCUT2D eigenvalue weighted by Gasteiger charge is -2.35. The molecule has 42 heavy (non-hydrogen) atoms. The molecule has 0 aliphatic rings. The van der Waals surface area contributed by atoms with E-state index in [0.717, 1.165) is 21.0 Å². The van der Waals surface area contributed by atoms with Crippen molar-refractivity contribution in [2.45, 2.75) is 77.9 Å². The van der Waals surface area contributed by atoms with Gasteiger partial charge in [0.15, 0.2) is 0 Å². The Kier molecular flexibility index (Phi) is 10.8. The molecule has 0 bridgehead atoms. The molecular formula is C33H43N3O5S. The molecule has 1 N–H and O–H groups in total. The van der Waals surface area contributed by atoms with Gasteiger partial charge in [0.05, 0.1) is 17.2 Å². The van der Waals surface area contributed by atoms with Gasteiger partial charge in [0.2, 0.25) is 11.8 Å². The number of hydrogen-bond donors (Lipinski definition) is 1. The van der Waals surface area contributed by atoms with Crippen LogP contribution < -0.4 is 14.4 Å². The summed E-state index contributed by atoms with van der Waals surface area (Å²) in [5.74, 6) is -0.464. The standard InChI is InChI=1S/C33H43N3O5S/c1-8-28(32(38)34-33(5,6)7)35(22-26-14-12-13-25(4)21-26)31(37)23-36(29-15-10-11-16-30(29)41-9-2)42(39,40)27-19-17-24(3)18-20-27/h10-21,28H,8-9,22-23H2,1-7H3,(H,34,38)/t28-/m1/s1. The Morgan fingerprint density at radius 3 is 2.17 bits per heavy atom. The first-order chi connectivity index (χ1) is 19.8. The van der Waals surface area contributed by atoms with Crippen molar-refractivity contribution in [3.63, 3.8) is 0 Å². The maximum absolute atomic E-state index is 14.3. The molecule has 0 fully saturated rings. The molecule has 0 saturated carbocycles. The fraction of sp³-hybridized carbons (Fsp3) is 0.394. The normalized spacial score (nSPS) is 12.4. The average Bonchev–Trinajstić information content (AvgIpc) is 2.91. The molecule has 3 aromatic rings. The molecule has 226 valence electrons. The van der Waals surface area contributed by atoms with Gasteiger partial charge in [0, 0.05) is 12.1 Å². The van der Waals surface area contributed by atoms with Crippen molar-refractivity contribution in [2.75, 3.05) is 17.5 Å². The first kappa shape index (κ1) is 32.7. The minimum absolute atomic E-state index is 0.0509. The van der Waals surface area contributed by atoms with Gasteiger partial charge in [-0.1, -0.05) is 66.6 Å². The second-order valence-corrected chi connectivity index (χ2v) is 13.3. The predicted molar refractivity (Wildman–Crippen MR) is 167 cm³/mol. The van der Waals surface area contributed by atoms with E-state index in [1.54, 1.807) is 36.4 Å². The summed E-state index contributed by atoms with van der Waals surface area (Å²) in [6.07, 6.45) is 0.347. The highest BCUT2D eigenvalue weighted by atomic mass is 32.2. The van der Waals surface area contributed by atoms with Crippen LogP contribution in [0.2, 0.25) is 0 Å². The molecule has 0 spiro atoms. The van der Waals surface area contributed by atoms with Crippen LogP contribution in [0.5, 0.6) is 5.75 Å². The van der Waals surface area contributed by atoms with E-state index in [2.05, 4.69) is 5.32 Å². The number of amides is 2. The number of aryl methyl sites for hydroxylation is 2. The molecule has 0 heterocycles. The van der Waals surface area contributed by atoms with Crippen LogP contribution in [-0.4, -0.2) is 49.9 Å². The van der Waals surface area contributed by atoms with Gasteiger partial charge in [-0.3, -0.25) is 13.9 Å². The first-order valence-electron chi connectivity index (χ1n) is 14.2. The summed E-state index contributed by atoms with van der Waals surface area (Å²) in [5, 5.41) is 2.99. The van der Waals surface area contributed by atoms with Gasteiger partial charge in [0.25, 0.3) is 10.0 Å². The van der Waals surface area contributed by atoms with Crippen LogP contribution in [0.25, 0.3) is 0 Å². The number of sulfonamides is 1. The number of carbonyl (C=O) groups excluding carboxylic acids is 2.